The van der Waals surface area contributed by atoms with Gasteiger partial charge in [-0.1, -0.05) is 19.1 Å². The third kappa shape index (κ3) is 6.37. The molecule has 3 rings (SSSR count). The Morgan fingerprint density at radius 1 is 1.10 bits per heavy atom. The van der Waals surface area contributed by atoms with E-state index in [1.807, 2.05) is 19.1 Å². The molecule has 0 aromatic heterocycles. The number of nitrogens with zero attached hydrogens (tertiary/aromatic N) is 2. The number of alkyl halides is 3. The van der Waals surface area contributed by atoms with Crippen LogP contribution in [0.5, 0.6) is 0 Å². The Bertz CT molecular complexity index is 646. The van der Waals surface area contributed by atoms with E-state index in [0.29, 0.717) is 12.5 Å². The van der Waals surface area contributed by atoms with Crippen molar-refractivity contribution in [2.24, 2.45) is 11.8 Å². The van der Waals surface area contributed by atoms with Crippen LogP contribution in [0, 0.1) is 17.7 Å². The van der Waals surface area contributed by atoms with Crippen LogP contribution in [0.2, 0.25) is 0 Å². The van der Waals surface area contributed by atoms with E-state index in [4.69, 9.17) is 0 Å². The summed E-state index contributed by atoms with van der Waals surface area (Å²) in [5, 5.41) is 3.23. The Kier molecular flexibility index (Phi) is 8.09. The van der Waals surface area contributed by atoms with Gasteiger partial charge in [0.1, 0.15) is 5.82 Å². The molecule has 1 aromatic rings. The van der Waals surface area contributed by atoms with Crippen LogP contribution >= 0.6 is 0 Å². The molecule has 2 aliphatic heterocycles. The number of nitrogens with one attached hydrogen (secondary N) is 3. The first kappa shape index (κ1) is 23.4. The maximum absolute atomic E-state index is 13.2. The summed E-state index contributed by atoms with van der Waals surface area (Å²) >= 11 is 0. The first-order valence-electron chi connectivity index (χ1n) is 10.7. The lowest BCUT2D eigenvalue weighted by Gasteiger charge is -2.39. The molecular weight excluding hydrogens is 398 g/mol. The first-order valence-corrected chi connectivity index (χ1v) is 10.7. The van der Waals surface area contributed by atoms with Crippen molar-refractivity contribution in [3.63, 3.8) is 0 Å². The van der Waals surface area contributed by atoms with Gasteiger partial charge in [0.15, 0.2) is 0 Å². The molecule has 2 fully saturated rings. The van der Waals surface area contributed by atoms with Crippen LogP contribution in [0.3, 0.4) is 0 Å². The van der Waals surface area contributed by atoms with Crippen LogP contribution < -0.4 is 16.2 Å². The number of hydrazine groups is 1. The van der Waals surface area contributed by atoms with Crippen molar-refractivity contribution in [3.05, 3.63) is 35.6 Å². The molecular formula is C21H33F4N5. The van der Waals surface area contributed by atoms with Crippen LogP contribution in [-0.2, 0) is 0 Å². The maximum atomic E-state index is 13.2. The summed E-state index contributed by atoms with van der Waals surface area (Å²) in [5.41, 5.74) is 7.61. The van der Waals surface area contributed by atoms with Gasteiger partial charge < -0.3 is 10.2 Å². The fraction of sp³-hybridized carbons (Fsp3) is 0.714. The van der Waals surface area contributed by atoms with Gasteiger partial charge in [0.05, 0.1) is 18.1 Å². The minimum atomic E-state index is -4.12. The lowest BCUT2D eigenvalue weighted by Crippen LogP contribution is -2.54. The Balaban J connectivity index is 1.40. The monoisotopic (exact) mass is 431 g/mol. The van der Waals surface area contributed by atoms with Gasteiger partial charge in [0, 0.05) is 45.2 Å². The first-order chi connectivity index (χ1) is 14.2. The van der Waals surface area contributed by atoms with Gasteiger partial charge in [-0.25, -0.2) is 9.82 Å². The summed E-state index contributed by atoms with van der Waals surface area (Å²) in [5.74, 6) is -1.12. The number of halogens is 4. The maximum Gasteiger partial charge on any atom is 0.391 e. The predicted octanol–water partition coefficient (Wildman–Crippen LogP) is 2.73. The fourth-order valence-corrected chi connectivity index (χ4v) is 4.20. The lowest BCUT2D eigenvalue weighted by atomic mass is 9.94. The molecule has 3 N–H and O–H groups in total. The van der Waals surface area contributed by atoms with Crippen molar-refractivity contribution in [2.45, 2.75) is 38.7 Å². The van der Waals surface area contributed by atoms with Crippen molar-refractivity contribution in [2.75, 3.05) is 45.8 Å². The Labute approximate surface area is 176 Å². The molecule has 2 saturated heterocycles. The van der Waals surface area contributed by atoms with Crippen LogP contribution in [0.1, 0.15) is 31.9 Å². The van der Waals surface area contributed by atoms with E-state index in [0.717, 1.165) is 44.8 Å². The van der Waals surface area contributed by atoms with E-state index in [-0.39, 0.29) is 24.4 Å². The highest BCUT2D eigenvalue weighted by atomic mass is 19.4. The summed E-state index contributed by atoms with van der Waals surface area (Å²) in [4.78, 5) is 4.72. The molecule has 2 aliphatic rings. The molecule has 4 unspecified atom stereocenters. The largest absolute Gasteiger partial charge is 0.391 e. The van der Waals surface area contributed by atoms with E-state index < -0.39 is 12.1 Å². The van der Waals surface area contributed by atoms with Gasteiger partial charge in [-0.3, -0.25) is 10.3 Å². The van der Waals surface area contributed by atoms with E-state index in [9.17, 15) is 17.6 Å². The molecule has 30 heavy (non-hydrogen) atoms. The van der Waals surface area contributed by atoms with E-state index in [1.54, 1.807) is 0 Å². The zero-order valence-corrected chi connectivity index (χ0v) is 17.7. The topological polar surface area (TPSA) is 42.6 Å². The second-order valence-electron chi connectivity index (χ2n) is 8.51. The molecule has 0 saturated carbocycles. The zero-order valence-electron chi connectivity index (χ0n) is 17.7. The summed E-state index contributed by atoms with van der Waals surface area (Å²) in [7, 11) is 0. The number of hydrogen-bond acceptors (Lipinski definition) is 5. The number of piperazine rings is 1. The lowest BCUT2D eigenvalue weighted by molar-refractivity contribution is -0.170. The Morgan fingerprint density at radius 3 is 2.40 bits per heavy atom. The van der Waals surface area contributed by atoms with Gasteiger partial charge in [0.25, 0.3) is 0 Å². The molecule has 2 heterocycles. The molecule has 0 radical (unpaired) electrons. The van der Waals surface area contributed by atoms with Crippen LogP contribution in [0.15, 0.2) is 24.3 Å². The molecule has 170 valence electrons. The number of benzene rings is 1. The summed E-state index contributed by atoms with van der Waals surface area (Å²) in [6.45, 7) is 9.05. The summed E-state index contributed by atoms with van der Waals surface area (Å²) in [6.07, 6.45) is -3.96. The molecule has 9 heteroatoms. The normalized spacial score (nSPS) is 26.1. The van der Waals surface area contributed by atoms with E-state index in [2.05, 4.69) is 26.0 Å². The number of rotatable bonds is 8. The Hall–Kier alpha value is -1.26. The van der Waals surface area contributed by atoms with Gasteiger partial charge in [-0.15, -0.1) is 0 Å². The molecule has 0 spiro atoms. The molecule has 0 aliphatic carbocycles. The molecule has 1 aromatic carbocycles. The van der Waals surface area contributed by atoms with E-state index in [1.165, 1.54) is 19.1 Å². The molecule has 0 amide bonds. The third-order valence-electron chi connectivity index (χ3n) is 6.35. The fourth-order valence-electron chi connectivity index (χ4n) is 4.20. The van der Waals surface area contributed by atoms with Crippen molar-refractivity contribution in [3.8, 4) is 0 Å². The van der Waals surface area contributed by atoms with Crippen LogP contribution in [0.25, 0.3) is 0 Å². The van der Waals surface area contributed by atoms with Crippen molar-refractivity contribution in [1.82, 2.24) is 26.0 Å². The van der Waals surface area contributed by atoms with Crippen molar-refractivity contribution in [1.29, 1.82) is 0 Å². The molecule has 5 nitrogen and oxygen atoms in total. The molecule has 0 bridgehead atoms. The van der Waals surface area contributed by atoms with Crippen molar-refractivity contribution < 1.29 is 17.6 Å². The van der Waals surface area contributed by atoms with Gasteiger partial charge in [0.2, 0.25) is 0 Å². The third-order valence-corrected chi connectivity index (χ3v) is 6.35. The SMILES string of the molecule is CC(NCCC(C)C(F)(F)F)N1CCN(CC2CNNC2c2ccc(F)cc2)CC1. The highest BCUT2D eigenvalue weighted by Crippen LogP contribution is 2.28. The van der Waals surface area contributed by atoms with Crippen LogP contribution in [-0.4, -0.2) is 68.0 Å². The van der Waals surface area contributed by atoms with Gasteiger partial charge in [-0.05, 0) is 37.6 Å². The van der Waals surface area contributed by atoms with Gasteiger partial charge in [-0.2, -0.15) is 13.2 Å². The van der Waals surface area contributed by atoms with Crippen LogP contribution in [0.4, 0.5) is 17.6 Å². The number of hydrogen-bond donors (Lipinski definition) is 3. The smallest absolute Gasteiger partial charge is 0.302 e. The van der Waals surface area contributed by atoms with E-state index >= 15 is 0 Å². The zero-order chi connectivity index (χ0) is 21.7. The summed E-state index contributed by atoms with van der Waals surface area (Å²) in [6, 6.07) is 6.81. The molecule has 4 atom stereocenters. The second kappa shape index (κ2) is 10.4. The standard InChI is InChI=1S/C21H33F4N5/c1-15(21(23,24)25)7-8-26-16(2)30-11-9-29(10-12-30)14-18-13-27-28-20(18)17-3-5-19(22)6-4-17/h3-6,15-16,18,20,26-28H,7-14H2,1-2H3. The average molecular weight is 432 g/mol. The van der Waals surface area contributed by atoms with Crippen molar-refractivity contribution >= 4 is 0 Å². The highest BCUT2D eigenvalue weighted by Gasteiger charge is 2.35. The second-order valence-corrected chi connectivity index (χ2v) is 8.51. The predicted molar refractivity (Wildman–Crippen MR) is 109 cm³/mol. The highest BCUT2D eigenvalue weighted by molar-refractivity contribution is 5.21. The Morgan fingerprint density at radius 2 is 1.77 bits per heavy atom. The quantitative estimate of drug-likeness (QED) is 0.553. The van der Waals surface area contributed by atoms with Gasteiger partial charge >= 0.3 is 6.18 Å². The summed E-state index contributed by atoms with van der Waals surface area (Å²) < 4.78 is 51.1. The minimum absolute atomic E-state index is 0.0642. The average Bonchev–Trinajstić information content (AvgIpc) is 3.16. The minimum Gasteiger partial charge on any atom is -0.302 e.